The average Bonchev–Trinajstić information content (AvgIpc) is 3.51. The Morgan fingerprint density at radius 3 is 0.938 bits per heavy atom. The SMILES string of the molecule is CCCCCCCCCCCCCCC(CCCCCCCCCCCCC)(C1CC(C)(C)N(C(=O)Oc2ccccc2)C(C)(C)C1)C(C(=O)O)(C1CC(C)(C)N(C(=O)Oc2ccccc2)C(C)(C)C1)C(C(=O)O)(C(=O)O)C(=O)O. The molecular formula is C66H104N2O12. The predicted octanol–water partition coefficient (Wildman–Crippen LogP) is 17.0. The van der Waals surface area contributed by atoms with Gasteiger partial charge in [-0.15, -0.1) is 0 Å². The highest BCUT2D eigenvalue weighted by atomic mass is 16.6. The molecule has 2 aliphatic heterocycles. The van der Waals surface area contributed by atoms with Crippen molar-refractivity contribution in [3.63, 3.8) is 0 Å². The first-order valence-electron chi connectivity index (χ1n) is 30.8. The highest BCUT2D eigenvalue weighted by Gasteiger charge is 2.83. The molecule has 450 valence electrons. The fraction of sp³-hybridized carbons (Fsp3) is 0.727. The molecule has 2 saturated heterocycles. The van der Waals surface area contributed by atoms with E-state index in [0.717, 1.165) is 64.2 Å². The minimum Gasteiger partial charge on any atom is -0.481 e. The fourth-order valence-corrected chi connectivity index (χ4v) is 15.6. The van der Waals surface area contributed by atoms with Crippen LogP contribution in [0.4, 0.5) is 9.59 Å². The number of rotatable bonds is 35. The molecule has 2 aliphatic rings. The van der Waals surface area contributed by atoms with Crippen LogP contribution in [0.15, 0.2) is 60.7 Å². The third-order valence-corrected chi connectivity index (χ3v) is 18.4. The van der Waals surface area contributed by atoms with E-state index >= 15 is 4.79 Å². The van der Waals surface area contributed by atoms with Gasteiger partial charge in [0.15, 0.2) is 0 Å². The van der Waals surface area contributed by atoms with Gasteiger partial charge in [0.05, 0.1) is 0 Å². The van der Waals surface area contributed by atoms with Crippen LogP contribution in [0, 0.1) is 28.1 Å². The smallest absolute Gasteiger partial charge is 0.416 e. The zero-order chi connectivity index (χ0) is 59.4. The van der Waals surface area contributed by atoms with Crippen LogP contribution in [0.2, 0.25) is 0 Å². The van der Waals surface area contributed by atoms with Crippen LogP contribution >= 0.6 is 0 Å². The molecule has 0 spiro atoms. The summed E-state index contributed by atoms with van der Waals surface area (Å²) >= 11 is 0. The van der Waals surface area contributed by atoms with Gasteiger partial charge in [-0.1, -0.05) is 198 Å². The first kappa shape index (κ1) is 67.4. The molecule has 4 N–H and O–H groups in total. The maximum Gasteiger partial charge on any atom is 0.416 e. The molecule has 14 nitrogen and oxygen atoms in total. The highest BCUT2D eigenvalue weighted by molar-refractivity contribution is 6.20. The summed E-state index contributed by atoms with van der Waals surface area (Å²) in [5.74, 6) is -10.3. The average molecular weight is 1120 g/mol. The number of hydrogen-bond donors (Lipinski definition) is 4. The van der Waals surface area contributed by atoms with E-state index in [1.165, 1.54) is 62.7 Å². The molecule has 80 heavy (non-hydrogen) atoms. The summed E-state index contributed by atoms with van der Waals surface area (Å²) < 4.78 is 12.0. The Morgan fingerprint density at radius 2 is 0.675 bits per heavy atom. The minimum atomic E-state index is -3.94. The van der Waals surface area contributed by atoms with Gasteiger partial charge in [-0.05, 0) is 135 Å². The Labute approximate surface area is 480 Å². The number of benzene rings is 2. The third-order valence-electron chi connectivity index (χ3n) is 18.4. The second-order valence-corrected chi connectivity index (χ2v) is 26.4. The summed E-state index contributed by atoms with van der Waals surface area (Å²) in [6.45, 7) is 18.8. The van der Waals surface area contributed by atoms with E-state index in [1.54, 1.807) is 87.2 Å². The summed E-state index contributed by atoms with van der Waals surface area (Å²) in [5.41, 5.74) is -13.8. The number of para-hydroxylation sites is 2. The molecule has 0 bridgehead atoms. The predicted molar refractivity (Wildman–Crippen MR) is 315 cm³/mol. The van der Waals surface area contributed by atoms with Gasteiger partial charge in [0.1, 0.15) is 16.9 Å². The normalized spacial score (nSPS) is 18.6. The molecule has 2 aromatic carbocycles. The van der Waals surface area contributed by atoms with Crippen LogP contribution in [0.25, 0.3) is 0 Å². The van der Waals surface area contributed by atoms with E-state index in [0.29, 0.717) is 31.4 Å². The molecule has 2 unspecified atom stereocenters. The summed E-state index contributed by atoms with van der Waals surface area (Å²) in [7, 11) is 0. The second kappa shape index (κ2) is 30.2. The number of nitrogens with zero attached hydrogens (tertiary/aromatic N) is 2. The van der Waals surface area contributed by atoms with Crippen LogP contribution in [-0.2, 0) is 19.2 Å². The van der Waals surface area contributed by atoms with Gasteiger partial charge in [-0.25, -0.2) is 9.59 Å². The van der Waals surface area contributed by atoms with Gasteiger partial charge in [0, 0.05) is 22.2 Å². The van der Waals surface area contributed by atoms with Crippen LogP contribution < -0.4 is 9.47 Å². The van der Waals surface area contributed by atoms with Crippen molar-refractivity contribution < 1.29 is 58.7 Å². The number of unbranched alkanes of at least 4 members (excludes halogenated alkanes) is 21. The fourth-order valence-electron chi connectivity index (χ4n) is 15.6. The zero-order valence-electron chi connectivity index (χ0n) is 50.9. The lowest BCUT2D eigenvalue weighted by Gasteiger charge is -2.67. The summed E-state index contributed by atoms with van der Waals surface area (Å²) in [6, 6.07) is 17.2. The molecule has 2 aromatic rings. The summed E-state index contributed by atoms with van der Waals surface area (Å²) in [6.07, 6.45) is 21.1. The van der Waals surface area contributed by atoms with Crippen molar-refractivity contribution in [3.05, 3.63) is 60.7 Å². The molecule has 2 amide bonds. The van der Waals surface area contributed by atoms with Crippen molar-refractivity contribution in [3.8, 4) is 11.5 Å². The van der Waals surface area contributed by atoms with Crippen LogP contribution in [0.3, 0.4) is 0 Å². The number of aliphatic carboxylic acids is 4. The molecule has 14 heteroatoms. The maximum absolute atomic E-state index is 15.8. The number of carboxylic acids is 4. The molecule has 2 heterocycles. The standard InChI is InChI=1S/C66H104N2O12/c1-11-13-15-17-19-21-23-25-27-29-31-39-45-64(44-38-30-28-26-24-22-20-18-16-14-12-2,50-46-60(3,4)67(61(5,6)47-50)58(77)79-52-40-34-32-35-41-52)66(57(75)76,65(54(69)70,55(71)72)56(73)74)51-48-62(7,8)68(63(9,10)49-51)59(78)80-53-42-36-33-37-43-53/h32-37,40-43,50-51H,11-31,38-39,44-49H2,1-10H3,(H,69,70)(H,71,72)(H,73,74)(H,75,76). The van der Waals surface area contributed by atoms with Gasteiger partial charge >= 0.3 is 36.1 Å². The van der Waals surface area contributed by atoms with E-state index in [1.807, 2.05) is 33.8 Å². The van der Waals surface area contributed by atoms with Gasteiger partial charge in [-0.2, -0.15) is 0 Å². The number of carbonyl (C=O) groups excluding carboxylic acids is 2. The Bertz CT molecular complexity index is 2210. The minimum absolute atomic E-state index is 0.0202. The first-order chi connectivity index (χ1) is 37.8. The Balaban J connectivity index is 2.01. The molecule has 0 radical (unpaired) electrons. The van der Waals surface area contributed by atoms with Gasteiger partial charge in [-0.3, -0.25) is 29.0 Å². The van der Waals surface area contributed by atoms with E-state index in [9.17, 15) is 44.4 Å². The molecule has 4 rings (SSSR count). The van der Waals surface area contributed by atoms with Crippen molar-refractivity contribution in [1.29, 1.82) is 0 Å². The van der Waals surface area contributed by atoms with Crippen molar-refractivity contribution >= 4 is 36.1 Å². The lowest BCUT2D eigenvalue weighted by molar-refractivity contribution is -0.240. The number of carbonyl (C=O) groups is 6. The first-order valence-corrected chi connectivity index (χ1v) is 30.8. The molecule has 2 atom stereocenters. The van der Waals surface area contributed by atoms with E-state index in [-0.39, 0.29) is 44.3 Å². The topological polar surface area (TPSA) is 208 Å². The van der Waals surface area contributed by atoms with Gasteiger partial charge in [0.2, 0.25) is 0 Å². The molecule has 0 saturated carbocycles. The molecular weight excluding hydrogens is 1010 g/mol. The van der Waals surface area contributed by atoms with Crippen molar-refractivity contribution in [1.82, 2.24) is 9.80 Å². The number of likely N-dealkylation sites (tertiary alicyclic amines) is 2. The van der Waals surface area contributed by atoms with Crippen LogP contribution in [0.1, 0.15) is 255 Å². The van der Waals surface area contributed by atoms with E-state index in [2.05, 4.69) is 13.8 Å². The largest absolute Gasteiger partial charge is 0.481 e. The van der Waals surface area contributed by atoms with E-state index in [4.69, 9.17) is 9.47 Å². The summed E-state index contributed by atoms with van der Waals surface area (Å²) in [5, 5.41) is 48.2. The van der Waals surface area contributed by atoms with Gasteiger partial charge < -0.3 is 29.9 Å². The lowest BCUT2D eigenvalue weighted by atomic mass is 9.37. The summed E-state index contributed by atoms with van der Waals surface area (Å²) in [4.78, 5) is 92.0. The molecule has 2 fully saturated rings. The second-order valence-electron chi connectivity index (χ2n) is 26.4. The van der Waals surface area contributed by atoms with E-state index < -0.39 is 86.3 Å². The lowest BCUT2D eigenvalue weighted by Crippen LogP contribution is -2.76. The Kier molecular flexibility index (Phi) is 25.5. The van der Waals surface area contributed by atoms with Crippen molar-refractivity contribution in [2.24, 2.45) is 28.1 Å². The number of hydrogen-bond acceptors (Lipinski definition) is 8. The quantitative estimate of drug-likeness (QED) is 0.0375. The van der Waals surface area contributed by atoms with Crippen molar-refractivity contribution in [2.45, 2.75) is 278 Å². The van der Waals surface area contributed by atoms with Gasteiger partial charge in [0.25, 0.3) is 5.41 Å². The van der Waals surface area contributed by atoms with Crippen LogP contribution in [0.5, 0.6) is 11.5 Å². The number of ether oxygens (including phenoxy) is 2. The Morgan fingerprint density at radius 1 is 0.412 bits per heavy atom. The maximum atomic E-state index is 15.8. The number of piperidine rings is 2. The zero-order valence-corrected chi connectivity index (χ0v) is 50.9. The third kappa shape index (κ3) is 15.9. The highest BCUT2D eigenvalue weighted by Crippen LogP contribution is 2.71. The number of carboxylic acid groups (broad SMARTS) is 4. The Hall–Kier alpha value is -5.14. The van der Waals surface area contributed by atoms with Crippen LogP contribution in [-0.4, -0.2) is 88.4 Å². The van der Waals surface area contributed by atoms with Crippen molar-refractivity contribution in [2.75, 3.05) is 0 Å². The molecule has 0 aromatic heterocycles. The number of amides is 2. The molecule has 0 aliphatic carbocycles. The monoisotopic (exact) mass is 1120 g/mol.